The van der Waals surface area contributed by atoms with Gasteiger partial charge in [0.25, 0.3) is 5.72 Å². The molecule has 1 atom stereocenters. The van der Waals surface area contributed by atoms with Gasteiger partial charge < -0.3 is 15.7 Å². The van der Waals surface area contributed by atoms with Gasteiger partial charge in [-0.3, -0.25) is 0 Å². The first kappa shape index (κ1) is 14.5. The minimum Gasteiger partial charge on any atom is -0.360 e. The van der Waals surface area contributed by atoms with Crippen molar-refractivity contribution in [3.8, 4) is 0 Å². The van der Waals surface area contributed by atoms with Crippen molar-refractivity contribution < 1.29 is 18.3 Å². The van der Waals surface area contributed by atoms with Crippen LogP contribution in [0.4, 0.5) is 24.5 Å². The smallest absolute Gasteiger partial charge is 0.360 e. The van der Waals surface area contributed by atoms with Gasteiger partial charge in [0.15, 0.2) is 0 Å². The van der Waals surface area contributed by atoms with E-state index in [4.69, 9.17) is 0 Å². The van der Waals surface area contributed by atoms with Gasteiger partial charge in [-0.15, -0.1) is 0 Å². The molecule has 0 spiro atoms. The molecule has 0 aliphatic carbocycles. The summed E-state index contributed by atoms with van der Waals surface area (Å²) in [6, 6.07) is 15.0. The number of alkyl halides is 3. The Hall–Kier alpha value is -2.47. The molecule has 6 heteroatoms. The van der Waals surface area contributed by atoms with Gasteiger partial charge in [0, 0.05) is 11.8 Å². The maximum absolute atomic E-state index is 13.3. The summed E-state index contributed by atoms with van der Waals surface area (Å²) in [5, 5.41) is 15.2. The van der Waals surface area contributed by atoms with Crippen LogP contribution < -0.4 is 10.6 Å². The standard InChI is InChI=1S/C16H13F3N2O/c17-16(18,19)15(22)10-14(11-6-2-1-3-7-11)20-12-8-4-5-9-13(12)21-15/h1-10,20-22H. The van der Waals surface area contributed by atoms with Crippen LogP contribution >= 0.6 is 0 Å². The molecule has 0 saturated heterocycles. The van der Waals surface area contributed by atoms with Crippen LogP contribution in [0.2, 0.25) is 0 Å². The van der Waals surface area contributed by atoms with E-state index in [-0.39, 0.29) is 11.4 Å². The molecule has 0 aromatic heterocycles. The molecule has 0 radical (unpaired) electrons. The molecule has 2 aromatic rings. The average molecular weight is 306 g/mol. The molecule has 2 aromatic carbocycles. The number of rotatable bonds is 1. The summed E-state index contributed by atoms with van der Waals surface area (Å²) in [7, 11) is 0. The van der Waals surface area contributed by atoms with Gasteiger partial charge in [-0.25, -0.2) is 0 Å². The van der Waals surface area contributed by atoms with Crippen molar-refractivity contribution in [3.05, 3.63) is 66.2 Å². The Labute approximate surface area is 125 Å². The Morgan fingerprint density at radius 3 is 2.09 bits per heavy atom. The molecule has 0 saturated carbocycles. The lowest BCUT2D eigenvalue weighted by molar-refractivity contribution is -0.228. The molecule has 1 aliphatic heterocycles. The predicted octanol–water partition coefficient (Wildman–Crippen LogP) is 3.82. The van der Waals surface area contributed by atoms with E-state index in [2.05, 4.69) is 10.6 Å². The summed E-state index contributed by atoms with van der Waals surface area (Å²) < 4.78 is 39.9. The maximum atomic E-state index is 13.3. The van der Waals surface area contributed by atoms with E-state index in [1.54, 1.807) is 48.5 Å². The van der Waals surface area contributed by atoms with Gasteiger partial charge in [0.2, 0.25) is 0 Å². The highest BCUT2D eigenvalue weighted by atomic mass is 19.4. The monoisotopic (exact) mass is 306 g/mol. The Bertz CT molecular complexity index is 713. The number of hydrogen-bond acceptors (Lipinski definition) is 3. The summed E-state index contributed by atoms with van der Waals surface area (Å²) in [4.78, 5) is 0. The first-order valence-electron chi connectivity index (χ1n) is 6.61. The quantitative estimate of drug-likeness (QED) is 0.750. The Balaban J connectivity index is 2.16. The molecule has 3 nitrogen and oxygen atoms in total. The molecule has 0 fully saturated rings. The van der Waals surface area contributed by atoms with Crippen LogP contribution in [0.3, 0.4) is 0 Å². The lowest BCUT2D eigenvalue weighted by Gasteiger charge is -2.28. The molecular weight excluding hydrogens is 293 g/mol. The zero-order chi connectivity index (χ0) is 15.8. The van der Waals surface area contributed by atoms with Crippen LogP contribution in [-0.4, -0.2) is 17.0 Å². The van der Waals surface area contributed by atoms with Crippen LogP contribution in [0.25, 0.3) is 5.70 Å². The van der Waals surface area contributed by atoms with E-state index in [0.29, 0.717) is 11.3 Å². The van der Waals surface area contributed by atoms with Crippen molar-refractivity contribution in [2.45, 2.75) is 11.9 Å². The molecule has 0 bridgehead atoms. The Morgan fingerprint density at radius 2 is 1.45 bits per heavy atom. The summed E-state index contributed by atoms with van der Waals surface area (Å²) in [6.45, 7) is 0. The number of benzene rings is 2. The molecule has 1 aliphatic rings. The zero-order valence-electron chi connectivity index (χ0n) is 11.4. The van der Waals surface area contributed by atoms with E-state index in [0.717, 1.165) is 6.08 Å². The van der Waals surface area contributed by atoms with Crippen LogP contribution in [0.5, 0.6) is 0 Å². The van der Waals surface area contributed by atoms with Crippen molar-refractivity contribution in [1.29, 1.82) is 0 Å². The fourth-order valence-corrected chi connectivity index (χ4v) is 2.26. The van der Waals surface area contributed by atoms with Gasteiger partial charge in [-0.2, -0.15) is 13.2 Å². The maximum Gasteiger partial charge on any atom is 0.440 e. The van der Waals surface area contributed by atoms with E-state index in [1.807, 2.05) is 0 Å². The summed E-state index contributed by atoms with van der Waals surface area (Å²) in [5.74, 6) is 0. The fraction of sp³-hybridized carbons (Fsp3) is 0.125. The number of anilines is 2. The Kier molecular flexibility index (Phi) is 3.33. The van der Waals surface area contributed by atoms with Crippen LogP contribution in [-0.2, 0) is 0 Å². The van der Waals surface area contributed by atoms with Crippen molar-refractivity contribution >= 4 is 17.1 Å². The van der Waals surface area contributed by atoms with E-state index in [1.165, 1.54) is 6.07 Å². The lowest BCUT2D eigenvalue weighted by atomic mass is 10.1. The van der Waals surface area contributed by atoms with Crippen molar-refractivity contribution in [3.63, 3.8) is 0 Å². The molecule has 1 unspecified atom stereocenters. The lowest BCUT2D eigenvalue weighted by Crippen LogP contribution is -2.50. The van der Waals surface area contributed by atoms with E-state index >= 15 is 0 Å². The second-order valence-corrected chi connectivity index (χ2v) is 4.98. The van der Waals surface area contributed by atoms with Crippen LogP contribution in [0.15, 0.2) is 60.7 Å². The SMILES string of the molecule is OC1(C(F)(F)F)C=C(c2ccccc2)Nc2ccccc2N1. The number of fused-ring (bicyclic) bond motifs is 1. The third-order valence-corrected chi connectivity index (χ3v) is 3.39. The van der Waals surface area contributed by atoms with Crippen molar-refractivity contribution in [2.24, 2.45) is 0 Å². The van der Waals surface area contributed by atoms with Gasteiger partial charge in [0.1, 0.15) is 0 Å². The number of halogens is 3. The number of aliphatic hydroxyl groups is 1. The van der Waals surface area contributed by atoms with Gasteiger partial charge in [0.05, 0.1) is 11.4 Å². The van der Waals surface area contributed by atoms with Gasteiger partial charge in [-0.05, 0) is 17.7 Å². The molecular formula is C16H13F3N2O. The molecule has 1 heterocycles. The second kappa shape index (κ2) is 5.06. The van der Waals surface area contributed by atoms with Crippen LogP contribution in [0, 0.1) is 0 Å². The third kappa shape index (κ3) is 2.53. The Morgan fingerprint density at radius 1 is 0.864 bits per heavy atom. The minimum atomic E-state index is -4.87. The first-order valence-corrected chi connectivity index (χ1v) is 6.61. The molecule has 3 rings (SSSR count). The van der Waals surface area contributed by atoms with Gasteiger partial charge in [-0.1, -0.05) is 42.5 Å². The van der Waals surface area contributed by atoms with Crippen molar-refractivity contribution in [2.75, 3.05) is 10.6 Å². The highest BCUT2D eigenvalue weighted by Crippen LogP contribution is 2.39. The van der Waals surface area contributed by atoms with Crippen molar-refractivity contribution in [1.82, 2.24) is 0 Å². The first-order chi connectivity index (χ1) is 10.4. The topological polar surface area (TPSA) is 44.3 Å². The van der Waals surface area contributed by atoms with Gasteiger partial charge >= 0.3 is 6.18 Å². The zero-order valence-corrected chi connectivity index (χ0v) is 11.4. The third-order valence-electron chi connectivity index (χ3n) is 3.39. The highest BCUT2D eigenvalue weighted by molar-refractivity contribution is 5.86. The highest BCUT2D eigenvalue weighted by Gasteiger charge is 2.54. The molecule has 0 amide bonds. The number of para-hydroxylation sites is 2. The average Bonchev–Trinajstić information content (AvgIpc) is 2.64. The number of nitrogens with one attached hydrogen (secondary N) is 2. The second-order valence-electron chi connectivity index (χ2n) is 4.98. The molecule has 114 valence electrons. The summed E-state index contributed by atoms with van der Waals surface area (Å²) in [5.41, 5.74) is -1.80. The fourth-order valence-electron chi connectivity index (χ4n) is 2.26. The summed E-state index contributed by atoms with van der Waals surface area (Å²) >= 11 is 0. The normalized spacial score (nSPS) is 21.0. The minimum absolute atomic E-state index is 0.171. The largest absolute Gasteiger partial charge is 0.440 e. The van der Waals surface area contributed by atoms with E-state index in [9.17, 15) is 18.3 Å². The molecule has 3 N–H and O–H groups in total. The molecule has 22 heavy (non-hydrogen) atoms. The van der Waals surface area contributed by atoms with E-state index < -0.39 is 11.9 Å². The predicted molar refractivity (Wildman–Crippen MR) is 79.1 cm³/mol. The summed E-state index contributed by atoms with van der Waals surface area (Å²) in [6.07, 6.45) is -4.12. The number of hydrogen-bond donors (Lipinski definition) is 3. The van der Waals surface area contributed by atoms with Crippen LogP contribution in [0.1, 0.15) is 5.56 Å².